The molecule has 1 aliphatic rings. The number of sulfonamides is 1. The van der Waals surface area contributed by atoms with E-state index in [0.717, 1.165) is 43.1 Å². The van der Waals surface area contributed by atoms with Gasteiger partial charge in [0, 0.05) is 31.6 Å². The number of hydrogen-bond acceptors (Lipinski definition) is 5. The Morgan fingerprint density at radius 1 is 1.08 bits per heavy atom. The molecule has 1 fully saturated rings. The standard InChI is InChI=1S/C30H43N3O5S/c1-5-28(30(35)31-25-11-7-6-8-12-25)32(22-24-18-16-23(2)17-19-24)29(34)15-10-20-33(39(4,36)37)26-13-9-14-27(21-26)38-3/h9,13-14,16-19,21,25,28H,5-8,10-12,15,20,22H2,1-4H3,(H,31,35)/t28-/m1/s1. The average molecular weight is 558 g/mol. The van der Waals surface area contributed by atoms with Crippen molar-refractivity contribution in [1.82, 2.24) is 10.2 Å². The summed E-state index contributed by atoms with van der Waals surface area (Å²) < 4.78 is 31.7. The van der Waals surface area contributed by atoms with Crippen LogP contribution in [-0.2, 0) is 26.2 Å². The minimum Gasteiger partial charge on any atom is -0.497 e. The van der Waals surface area contributed by atoms with Crippen LogP contribution in [0.3, 0.4) is 0 Å². The van der Waals surface area contributed by atoms with E-state index in [-0.39, 0.29) is 30.8 Å². The quantitative estimate of drug-likeness (QED) is 0.382. The fraction of sp³-hybridized carbons (Fsp3) is 0.533. The van der Waals surface area contributed by atoms with Crippen molar-refractivity contribution in [3.05, 3.63) is 59.7 Å². The fourth-order valence-electron chi connectivity index (χ4n) is 5.12. The second kappa shape index (κ2) is 14.4. The lowest BCUT2D eigenvalue weighted by atomic mass is 9.95. The number of anilines is 1. The fourth-order valence-corrected chi connectivity index (χ4v) is 6.08. The van der Waals surface area contributed by atoms with Crippen LogP contribution in [0, 0.1) is 6.92 Å². The first-order chi connectivity index (χ1) is 18.6. The number of methoxy groups -OCH3 is 1. The van der Waals surface area contributed by atoms with Crippen LogP contribution in [0.2, 0.25) is 0 Å². The minimum atomic E-state index is -3.58. The third-order valence-corrected chi connectivity index (χ3v) is 8.50. The van der Waals surface area contributed by atoms with Gasteiger partial charge in [0.25, 0.3) is 0 Å². The van der Waals surface area contributed by atoms with Crippen LogP contribution < -0.4 is 14.4 Å². The van der Waals surface area contributed by atoms with Gasteiger partial charge >= 0.3 is 0 Å². The zero-order chi connectivity index (χ0) is 28.4. The highest BCUT2D eigenvalue weighted by Crippen LogP contribution is 2.24. The van der Waals surface area contributed by atoms with Gasteiger partial charge in [0.2, 0.25) is 21.8 Å². The molecule has 0 bridgehead atoms. The minimum absolute atomic E-state index is 0.112. The van der Waals surface area contributed by atoms with Crippen molar-refractivity contribution in [2.75, 3.05) is 24.2 Å². The van der Waals surface area contributed by atoms with Crippen LogP contribution in [0.25, 0.3) is 0 Å². The highest BCUT2D eigenvalue weighted by Gasteiger charge is 2.30. The highest BCUT2D eigenvalue weighted by molar-refractivity contribution is 7.92. The maximum atomic E-state index is 13.6. The van der Waals surface area contributed by atoms with Gasteiger partial charge in [0.1, 0.15) is 11.8 Å². The molecule has 2 aromatic rings. The molecular weight excluding hydrogens is 514 g/mol. The third-order valence-electron chi connectivity index (χ3n) is 7.30. The molecule has 0 aliphatic heterocycles. The van der Waals surface area contributed by atoms with Crippen molar-refractivity contribution in [2.24, 2.45) is 0 Å². The van der Waals surface area contributed by atoms with Gasteiger partial charge in [-0.2, -0.15) is 0 Å². The van der Waals surface area contributed by atoms with Crippen LogP contribution in [0.1, 0.15) is 69.4 Å². The topological polar surface area (TPSA) is 96.0 Å². The van der Waals surface area contributed by atoms with Gasteiger partial charge in [-0.1, -0.05) is 62.1 Å². The molecule has 214 valence electrons. The summed E-state index contributed by atoms with van der Waals surface area (Å²) in [6.07, 6.45) is 7.44. The van der Waals surface area contributed by atoms with Gasteiger partial charge in [-0.3, -0.25) is 13.9 Å². The number of ether oxygens (including phenoxy) is 1. The SMILES string of the molecule is CC[C@H](C(=O)NC1CCCCC1)N(Cc1ccc(C)cc1)C(=O)CCCN(c1cccc(OC)c1)S(C)(=O)=O. The van der Waals surface area contributed by atoms with E-state index in [1.54, 1.807) is 29.2 Å². The van der Waals surface area contributed by atoms with Crippen molar-refractivity contribution >= 4 is 27.5 Å². The molecule has 3 rings (SSSR count). The molecule has 0 spiro atoms. The first-order valence-electron chi connectivity index (χ1n) is 13.9. The number of rotatable bonds is 13. The van der Waals surface area contributed by atoms with E-state index in [1.165, 1.54) is 17.8 Å². The van der Waals surface area contributed by atoms with Gasteiger partial charge in [0.05, 0.1) is 19.1 Å². The zero-order valence-electron chi connectivity index (χ0n) is 23.7. The van der Waals surface area contributed by atoms with Crippen LogP contribution in [-0.4, -0.2) is 57.1 Å². The van der Waals surface area contributed by atoms with Gasteiger partial charge in [-0.15, -0.1) is 0 Å². The van der Waals surface area contributed by atoms with E-state index >= 15 is 0 Å². The molecule has 1 atom stereocenters. The Bertz CT molecular complexity index is 1190. The van der Waals surface area contributed by atoms with Crippen LogP contribution in [0.15, 0.2) is 48.5 Å². The van der Waals surface area contributed by atoms with Crippen molar-refractivity contribution in [2.45, 2.75) is 83.8 Å². The third kappa shape index (κ3) is 8.98. The average Bonchev–Trinajstić information content (AvgIpc) is 2.91. The molecule has 9 heteroatoms. The summed E-state index contributed by atoms with van der Waals surface area (Å²) >= 11 is 0. The predicted octanol–water partition coefficient (Wildman–Crippen LogP) is 4.81. The van der Waals surface area contributed by atoms with Gasteiger partial charge in [-0.05, 0) is 50.3 Å². The molecule has 0 saturated heterocycles. The van der Waals surface area contributed by atoms with Gasteiger partial charge < -0.3 is 15.0 Å². The summed E-state index contributed by atoms with van der Waals surface area (Å²) in [6, 6.07) is 14.4. The summed E-state index contributed by atoms with van der Waals surface area (Å²) in [5, 5.41) is 3.19. The Kier molecular flexibility index (Phi) is 11.2. The Labute approximate surface area is 233 Å². The summed E-state index contributed by atoms with van der Waals surface area (Å²) in [7, 11) is -2.05. The smallest absolute Gasteiger partial charge is 0.243 e. The molecule has 1 N–H and O–H groups in total. The van der Waals surface area contributed by atoms with Crippen molar-refractivity contribution in [3.8, 4) is 5.75 Å². The number of benzene rings is 2. The number of hydrogen-bond donors (Lipinski definition) is 1. The second-order valence-corrected chi connectivity index (χ2v) is 12.3. The molecule has 2 aromatic carbocycles. The second-order valence-electron chi connectivity index (χ2n) is 10.4. The van der Waals surface area contributed by atoms with E-state index in [4.69, 9.17) is 4.74 Å². The molecule has 39 heavy (non-hydrogen) atoms. The number of carbonyl (C=O) groups excluding carboxylic acids is 2. The number of aryl methyl sites for hydroxylation is 1. The maximum Gasteiger partial charge on any atom is 0.243 e. The Morgan fingerprint density at radius 2 is 1.77 bits per heavy atom. The van der Waals surface area contributed by atoms with Crippen LogP contribution in [0.5, 0.6) is 5.75 Å². The molecule has 1 saturated carbocycles. The normalized spacial score (nSPS) is 14.9. The summed E-state index contributed by atoms with van der Waals surface area (Å²) in [4.78, 5) is 28.7. The predicted molar refractivity (Wildman–Crippen MR) is 155 cm³/mol. The molecule has 0 unspecified atom stereocenters. The highest BCUT2D eigenvalue weighted by atomic mass is 32.2. The van der Waals surface area contributed by atoms with Gasteiger partial charge in [0.15, 0.2) is 0 Å². The largest absolute Gasteiger partial charge is 0.497 e. The summed E-state index contributed by atoms with van der Waals surface area (Å²) in [6.45, 7) is 4.40. The maximum absolute atomic E-state index is 13.6. The Hall–Kier alpha value is -3.07. The molecule has 2 amide bonds. The Balaban J connectivity index is 1.75. The Morgan fingerprint density at radius 3 is 2.38 bits per heavy atom. The summed E-state index contributed by atoms with van der Waals surface area (Å²) in [5.41, 5.74) is 2.56. The molecule has 0 radical (unpaired) electrons. The van der Waals surface area contributed by atoms with Crippen molar-refractivity contribution in [3.63, 3.8) is 0 Å². The molecule has 8 nitrogen and oxygen atoms in total. The van der Waals surface area contributed by atoms with Gasteiger partial charge in [-0.25, -0.2) is 8.42 Å². The molecular formula is C30H43N3O5S. The summed E-state index contributed by atoms with van der Waals surface area (Å²) in [5.74, 6) is 0.274. The molecule has 1 aliphatic carbocycles. The first kappa shape index (κ1) is 30.5. The monoisotopic (exact) mass is 557 g/mol. The number of amides is 2. The number of nitrogens with one attached hydrogen (secondary N) is 1. The van der Waals surface area contributed by atoms with Crippen molar-refractivity contribution in [1.29, 1.82) is 0 Å². The van der Waals surface area contributed by atoms with Crippen LogP contribution in [0.4, 0.5) is 5.69 Å². The molecule has 0 aromatic heterocycles. The van der Waals surface area contributed by atoms with E-state index in [0.29, 0.717) is 30.8 Å². The lowest BCUT2D eigenvalue weighted by Crippen LogP contribution is -2.51. The van der Waals surface area contributed by atoms with E-state index in [1.807, 2.05) is 38.1 Å². The van der Waals surface area contributed by atoms with E-state index in [9.17, 15) is 18.0 Å². The lowest BCUT2D eigenvalue weighted by Gasteiger charge is -2.33. The first-order valence-corrected chi connectivity index (χ1v) is 15.7. The van der Waals surface area contributed by atoms with E-state index in [2.05, 4.69) is 5.32 Å². The number of carbonyl (C=O) groups is 2. The van der Waals surface area contributed by atoms with Crippen molar-refractivity contribution < 1.29 is 22.7 Å². The molecule has 0 heterocycles. The van der Waals surface area contributed by atoms with E-state index < -0.39 is 16.1 Å². The zero-order valence-corrected chi connectivity index (χ0v) is 24.5. The lowest BCUT2D eigenvalue weighted by molar-refractivity contribution is -0.141. The van der Waals surface area contributed by atoms with Crippen LogP contribution >= 0.6 is 0 Å². The number of nitrogens with zero attached hydrogens (tertiary/aromatic N) is 2.